The lowest BCUT2D eigenvalue weighted by atomic mass is 10.2. The molecule has 170 valence electrons. The second kappa shape index (κ2) is 12.0. The predicted octanol–water partition coefficient (Wildman–Crippen LogP) is 5.07. The molecule has 0 unspecified atom stereocenters. The van der Waals surface area contributed by atoms with E-state index in [4.69, 9.17) is 14.2 Å². The molecule has 0 aromatic heterocycles. The molecule has 3 aromatic rings. The van der Waals surface area contributed by atoms with Crippen LogP contribution in [-0.2, 0) is 0 Å². The molecule has 1 N–H and O–H groups in total. The summed E-state index contributed by atoms with van der Waals surface area (Å²) in [6.45, 7) is 2.64. The number of nitrogens with zero attached hydrogens (tertiary/aromatic N) is 1. The molecule has 0 saturated heterocycles. The molecule has 0 saturated carbocycles. The minimum Gasteiger partial charge on any atom is -0.494 e. The average Bonchev–Trinajstić information content (AvgIpc) is 2.84. The molecular formula is C25H23IN2O5. The first-order valence-corrected chi connectivity index (χ1v) is 11.3. The maximum absolute atomic E-state index is 12.5. The zero-order valence-electron chi connectivity index (χ0n) is 18.2. The maximum Gasteiger partial charge on any atom is 0.343 e. The normalized spacial score (nSPS) is 10.6. The van der Waals surface area contributed by atoms with Gasteiger partial charge < -0.3 is 14.2 Å². The summed E-state index contributed by atoms with van der Waals surface area (Å²) < 4.78 is 17.2. The number of benzene rings is 3. The van der Waals surface area contributed by atoms with Gasteiger partial charge in [0.15, 0.2) is 11.5 Å². The van der Waals surface area contributed by atoms with Gasteiger partial charge >= 0.3 is 5.97 Å². The number of hydrogen-bond donors (Lipinski definition) is 1. The van der Waals surface area contributed by atoms with Crippen LogP contribution in [0.25, 0.3) is 0 Å². The van der Waals surface area contributed by atoms with Gasteiger partial charge in [0.05, 0.1) is 31.1 Å². The van der Waals surface area contributed by atoms with E-state index in [0.717, 1.165) is 9.99 Å². The van der Waals surface area contributed by atoms with Gasteiger partial charge in [-0.2, -0.15) is 5.10 Å². The summed E-state index contributed by atoms with van der Waals surface area (Å²) in [4.78, 5) is 24.8. The van der Waals surface area contributed by atoms with Crippen molar-refractivity contribution in [2.45, 2.75) is 13.3 Å². The summed E-state index contributed by atoms with van der Waals surface area (Å²) in [5, 5.41) is 4.00. The number of methoxy groups -OCH3 is 1. The SMILES string of the molecule is CCCOc1ccc(C(=O)Oc2ccc(/C=N\NC(=O)c3ccccc3I)cc2OC)cc1. The third-order valence-electron chi connectivity index (χ3n) is 4.45. The second-order valence-corrected chi connectivity index (χ2v) is 8.01. The van der Waals surface area contributed by atoms with Crippen molar-refractivity contribution < 1.29 is 23.8 Å². The van der Waals surface area contributed by atoms with Gasteiger partial charge in [-0.15, -0.1) is 0 Å². The zero-order chi connectivity index (χ0) is 23.6. The highest BCUT2D eigenvalue weighted by atomic mass is 127. The van der Waals surface area contributed by atoms with Crippen molar-refractivity contribution in [3.63, 3.8) is 0 Å². The molecule has 0 bridgehead atoms. The molecule has 3 rings (SSSR count). The van der Waals surface area contributed by atoms with Crippen LogP contribution in [-0.4, -0.2) is 31.8 Å². The van der Waals surface area contributed by atoms with Gasteiger partial charge in [-0.25, -0.2) is 10.2 Å². The number of hydrazone groups is 1. The Morgan fingerprint density at radius 3 is 2.48 bits per heavy atom. The van der Waals surface area contributed by atoms with Crippen molar-refractivity contribution in [1.82, 2.24) is 5.43 Å². The maximum atomic E-state index is 12.5. The first kappa shape index (κ1) is 24.2. The number of carbonyl (C=O) groups excluding carboxylic acids is 2. The molecule has 7 nitrogen and oxygen atoms in total. The second-order valence-electron chi connectivity index (χ2n) is 6.85. The molecular weight excluding hydrogens is 535 g/mol. The van der Waals surface area contributed by atoms with Gasteiger partial charge in [0.1, 0.15) is 5.75 Å². The standard InChI is InChI=1S/C25H23IN2O5/c1-3-14-32-19-11-9-18(10-12-19)25(30)33-22-13-8-17(15-23(22)31-2)16-27-28-24(29)20-6-4-5-7-21(20)26/h4-13,15-16H,3,14H2,1-2H3,(H,28,29)/b27-16-. The van der Waals surface area contributed by atoms with E-state index in [-0.39, 0.29) is 11.7 Å². The number of ether oxygens (including phenoxy) is 3. The van der Waals surface area contributed by atoms with Crippen LogP contribution in [0.15, 0.2) is 71.8 Å². The van der Waals surface area contributed by atoms with Gasteiger partial charge in [0.2, 0.25) is 0 Å². The van der Waals surface area contributed by atoms with E-state index in [2.05, 4.69) is 33.1 Å². The third kappa shape index (κ3) is 6.79. The Morgan fingerprint density at radius 2 is 1.79 bits per heavy atom. The molecule has 1 amide bonds. The molecule has 0 atom stereocenters. The summed E-state index contributed by atoms with van der Waals surface area (Å²) in [5.41, 5.74) is 4.09. The fraction of sp³-hybridized carbons (Fsp3) is 0.160. The fourth-order valence-corrected chi connectivity index (χ4v) is 3.42. The smallest absolute Gasteiger partial charge is 0.343 e. The van der Waals surface area contributed by atoms with E-state index in [9.17, 15) is 9.59 Å². The number of halogens is 1. The number of rotatable bonds is 9. The Hall–Kier alpha value is -3.40. The van der Waals surface area contributed by atoms with E-state index >= 15 is 0 Å². The van der Waals surface area contributed by atoms with Crippen molar-refractivity contribution in [3.8, 4) is 17.2 Å². The largest absolute Gasteiger partial charge is 0.494 e. The number of amides is 1. The summed E-state index contributed by atoms with van der Waals surface area (Å²) in [5.74, 6) is 0.512. The Morgan fingerprint density at radius 1 is 1.03 bits per heavy atom. The number of hydrogen-bond acceptors (Lipinski definition) is 6. The topological polar surface area (TPSA) is 86.2 Å². The van der Waals surface area contributed by atoms with E-state index in [1.807, 2.05) is 19.1 Å². The quantitative estimate of drug-likeness (QED) is 0.130. The van der Waals surface area contributed by atoms with E-state index in [1.54, 1.807) is 54.6 Å². The lowest BCUT2D eigenvalue weighted by molar-refractivity contribution is 0.0729. The Labute approximate surface area is 205 Å². The summed E-state index contributed by atoms with van der Waals surface area (Å²) in [6.07, 6.45) is 2.39. The number of esters is 1. The van der Waals surface area contributed by atoms with Crippen LogP contribution in [0.1, 0.15) is 39.6 Å². The third-order valence-corrected chi connectivity index (χ3v) is 5.39. The fourth-order valence-electron chi connectivity index (χ4n) is 2.79. The van der Waals surface area contributed by atoms with Crippen molar-refractivity contribution in [2.75, 3.05) is 13.7 Å². The van der Waals surface area contributed by atoms with Gasteiger partial charge in [-0.1, -0.05) is 19.1 Å². The highest BCUT2D eigenvalue weighted by molar-refractivity contribution is 14.1. The van der Waals surface area contributed by atoms with Crippen LogP contribution in [0.5, 0.6) is 17.2 Å². The van der Waals surface area contributed by atoms with Crippen LogP contribution in [0.4, 0.5) is 0 Å². The van der Waals surface area contributed by atoms with Crippen LogP contribution < -0.4 is 19.6 Å². The minimum atomic E-state index is -0.513. The summed E-state index contributed by atoms with van der Waals surface area (Å²) >= 11 is 2.10. The van der Waals surface area contributed by atoms with Crippen molar-refractivity contribution in [1.29, 1.82) is 0 Å². The first-order valence-electron chi connectivity index (χ1n) is 10.2. The van der Waals surface area contributed by atoms with Gasteiger partial charge in [-0.05, 0) is 89.2 Å². The molecule has 0 aliphatic rings. The minimum absolute atomic E-state index is 0.272. The average molecular weight is 558 g/mol. The molecule has 0 heterocycles. The molecule has 3 aromatic carbocycles. The zero-order valence-corrected chi connectivity index (χ0v) is 20.4. The lowest BCUT2D eigenvalue weighted by Gasteiger charge is -2.10. The monoisotopic (exact) mass is 558 g/mol. The first-order chi connectivity index (χ1) is 16.0. The molecule has 0 aliphatic heterocycles. The van der Waals surface area contributed by atoms with Crippen LogP contribution in [0, 0.1) is 3.57 Å². The Kier molecular flexibility index (Phi) is 8.82. The number of nitrogens with one attached hydrogen (secondary N) is 1. The van der Waals surface area contributed by atoms with Crippen LogP contribution in [0.2, 0.25) is 0 Å². The summed E-state index contributed by atoms with van der Waals surface area (Å²) in [7, 11) is 1.48. The molecule has 0 radical (unpaired) electrons. The lowest BCUT2D eigenvalue weighted by Crippen LogP contribution is -2.18. The van der Waals surface area contributed by atoms with Gasteiger partial charge in [-0.3, -0.25) is 4.79 Å². The molecule has 33 heavy (non-hydrogen) atoms. The summed E-state index contributed by atoms with van der Waals surface area (Å²) in [6, 6.07) is 19.0. The highest BCUT2D eigenvalue weighted by Gasteiger charge is 2.13. The Bertz CT molecular complexity index is 1150. The molecule has 8 heteroatoms. The van der Waals surface area contributed by atoms with Crippen molar-refractivity contribution in [3.05, 3.63) is 87.0 Å². The Balaban J connectivity index is 1.64. The van der Waals surface area contributed by atoms with Crippen molar-refractivity contribution >= 4 is 40.7 Å². The van der Waals surface area contributed by atoms with Gasteiger partial charge in [0.25, 0.3) is 5.91 Å². The molecule has 0 aliphatic carbocycles. The number of carbonyl (C=O) groups is 2. The van der Waals surface area contributed by atoms with Crippen LogP contribution in [0.3, 0.4) is 0 Å². The molecule has 0 spiro atoms. The van der Waals surface area contributed by atoms with Crippen LogP contribution >= 0.6 is 22.6 Å². The highest BCUT2D eigenvalue weighted by Crippen LogP contribution is 2.28. The van der Waals surface area contributed by atoms with E-state index < -0.39 is 5.97 Å². The predicted molar refractivity (Wildman–Crippen MR) is 134 cm³/mol. The van der Waals surface area contributed by atoms with E-state index in [0.29, 0.717) is 34.8 Å². The molecule has 0 fully saturated rings. The van der Waals surface area contributed by atoms with Gasteiger partial charge in [0, 0.05) is 3.57 Å². The van der Waals surface area contributed by atoms with Crippen molar-refractivity contribution in [2.24, 2.45) is 5.10 Å². The van der Waals surface area contributed by atoms with E-state index in [1.165, 1.54) is 13.3 Å².